The van der Waals surface area contributed by atoms with E-state index in [2.05, 4.69) is 42.0 Å². The maximum atomic E-state index is 12.6. The minimum atomic E-state index is -0.189. The van der Waals surface area contributed by atoms with Gasteiger partial charge in [0.25, 0.3) is 5.91 Å². The van der Waals surface area contributed by atoms with E-state index in [4.69, 9.17) is 9.47 Å². The molecule has 1 N–H and O–H groups in total. The Balaban J connectivity index is 2.07. The lowest BCUT2D eigenvalue weighted by atomic mass is 10.2. The van der Waals surface area contributed by atoms with Gasteiger partial charge in [0.05, 0.1) is 23.4 Å². The summed E-state index contributed by atoms with van der Waals surface area (Å²) in [5, 5.41) is 2.92. The molecule has 0 spiro atoms. The van der Waals surface area contributed by atoms with Crippen LogP contribution in [0.2, 0.25) is 0 Å². The molecule has 4 nitrogen and oxygen atoms in total. The van der Waals surface area contributed by atoms with Crippen LogP contribution in [-0.4, -0.2) is 19.1 Å². The summed E-state index contributed by atoms with van der Waals surface area (Å²) in [6.45, 7) is 7.56. The number of carbonyl (C=O) groups is 1. The van der Waals surface area contributed by atoms with Crippen LogP contribution in [0, 0.1) is 5.92 Å². The summed E-state index contributed by atoms with van der Waals surface area (Å²) in [6, 6.07) is 12.8. The molecule has 0 saturated carbocycles. The topological polar surface area (TPSA) is 47.6 Å². The molecule has 0 atom stereocenters. The lowest BCUT2D eigenvalue weighted by Crippen LogP contribution is -2.14. The second-order valence-electron chi connectivity index (χ2n) is 6.50. The van der Waals surface area contributed by atoms with E-state index in [0.29, 0.717) is 36.1 Å². The average Bonchev–Trinajstić information content (AvgIpc) is 2.62. The van der Waals surface area contributed by atoms with E-state index >= 15 is 0 Å². The number of para-hydroxylation sites is 2. The zero-order valence-electron chi connectivity index (χ0n) is 15.5. The van der Waals surface area contributed by atoms with Gasteiger partial charge in [-0.25, -0.2) is 0 Å². The third-order valence-corrected chi connectivity index (χ3v) is 4.28. The third-order valence-electron chi connectivity index (χ3n) is 3.66. The van der Waals surface area contributed by atoms with Crippen molar-refractivity contribution in [3.05, 3.63) is 52.5 Å². The Labute approximate surface area is 164 Å². The summed E-state index contributed by atoms with van der Waals surface area (Å²) in [4.78, 5) is 12.6. The molecule has 0 fully saturated rings. The van der Waals surface area contributed by atoms with E-state index in [1.807, 2.05) is 30.3 Å². The van der Waals surface area contributed by atoms with E-state index < -0.39 is 0 Å². The van der Waals surface area contributed by atoms with Crippen molar-refractivity contribution in [2.45, 2.75) is 33.6 Å². The van der Waals surface area contributed by atoms with Crippen LogP contribution >= 0.6 is 15.9 Å². The van der Waals surface area contributed by atoms with Crippen LogP contribution in [0.4, 0.5) is 5.69 Å². The maximum Gasteiger partial charge on any atom is 0.255 e. The molecule has 5 heteroatoms. The van der Waals surface area contributed by atoms with Crippen molar-refractivity contribution in [2.24, 2.45) is 5.92 Å². The molecule has 0 unspecified atom stereocenters. The van der Waals surface area contributed by atoms with Crippen molar-refractivity contribution in [3.8, 4) is 11.5 Å². The first-order valence-corrected chi connectivity index (χ1v) is 9.76. The number of halogens is 1. The standard InChI is InChI=1S/C21H26BrNO3/c1-4-5-12-25-19-11-10-16(13-17(19)22)21(24)23-18-8-6-7-9-20(18)26-14-15(2)3/h6-11,13,15H,4-5,12,14H2,1-3H3,(H,23,24). The molecule has 2 aromatic rings. The van der Waals surface area contributed by atoms with Crippen molar-refractivity contribution < 1.29 is 14.3 Å². The Kier molecular flexibility index (Phi) is 7.98. The Morgan fingerprint density at radius 1 is 1.12 bits per heavy atom. The fourth-order valence-electron chi connectivity index (χ4n) is 2.23. The zero-order valence-corrected chi connectivity index (χ0v) is 17.1. The summed E-state index contributed by atoms with van der Waals surface area (Å²) < 4.78 is 12.3. The molecular formula is C21H26BrNO3. The first-order chi connectivity index (χ1) is 12.5. The van der Waals surface area contributed by atoms with Gasteiger partial charge in [0.2, 0.25) is 0 Å². The molecule has 0 aliphatic carbocycles. The van der Waals surface area contributed by atoms with E-state index in [1.54, 1.807) is 12.1 Å². The van der Waals surface area contributed by atoms with E-state index in [9.17, 15) is 4.79 Å². The largest absolute Gasteiger partial charge is 0.492 e. The highest BCUT2D eigenvalue weighted by Crippen LogP contribution is 2.28. The number of unbranched alkanes of at least 4 members (excludes halogenated alkanes) is 1. The lowest BCUT2D eigenvalue weighted by Gasteiger charge is -2.14. The highest BCUT2D eigenvalue weighted by Gasteiger charge is 2.12. The SMILES string of the molecule is CCCCOc1ccc(C(=O)Nc2ccccc2OCC(C)C)cc1Br. The van der Waals surface area contributed by atoms with Gasteiger partial charge >= 0.3 is 0 Å². The predicted octanol–water partition coefficient (Wildman–Crippen LogP) is 5.92. The van der Waals surface area contributed by atoms with E-state index in [1.165, 1.54) is 0 Å². The van der Waals surface area contributed by atoms with E-state index in [0.717, 1.165) is 23.1 Å². The number of ether oxygens (including phenoxy) is 2. The van der Waals surface area contributed by atoms with E-state index in [-0.39, 0.29) is 5.91 Å². The summed E-state index contributed by atoms with van der Waals surface area (Å²) >= 11 is 3.48. The number of amides is 1. The number of hydrogen-bond donors (Lipinski definition) is 1. The van der Waals surface area contributed by atoms with Crippen molar-refractivity contribution in [1.82, 2.24) is 0 Å². The van der Waals surface area contributed by atoms with Gasteiger partial charge in [-0.1, -0.05) is 39.3 Å². The molecule has 2 aromatic carbocycles. The first-order valence-electron chi connectivity index (χ1n) is 8.96. The highest BCUT2D eigenvalue weighted by molar-refractivity contribution is 9.10. The van der Waals surface area contributed by atoms with Crippen molar-refractivity contribution >= 4 is 27.5 Å². The molecule has 0 radical (unpaired) electrons. The number of rotatable bonds is 9. The number of anilines is 1. The molecule has 1 amide bonds. The molecule has 0 aromatic heterocycles. The fourth-order valence-corrected chi connectivity index (χ4v) is 2.73. The minimum Gasteiger partial charge on any atom is -0.492 e. The van der Waals surface area contributed by atoms with Crippen LogP contribution in [0.5, 0.6) is 11.5 Å². The Morgan fingerprint density at radius 3 is 2.58 bits per heavy atom. The monoisotopic (exact) mass is 419 g/mol. The summed E-state index contributed by atoms with van der Waals surface area (Å²) in [7, 11) is 0. The Bertz CT molecular complexity index is 731. The molecule has 140 valence electrons. The van der Waals surface area contributed by atoms with Gasteiger partial charge in [0.1, 0.15) is 11.5 Å². The smallest absolute Gasteiger partial charge is 0.255 e. The average molecular weight is 420 g/mol. The van der Waals surface area contributed by atoms with Gasteiger partial charge < -0.3 is 14.8 Å². The summed E-state index contributed by atoms with van der Waals surface area (Å²) in [5.41, 5.74) is 1.22. The Hall–Kier alpha value is -2.01. The first kappa shape index (κ1) is 20.3. The quantitative estimate of drug-likeness (QED) is 0.513. The number of nitrogens with one attached hydrogen (secondary N) is 1. The van der Waals surface area contributed by atoms with Crippen LogP contribution < -0.4 is 14.8 Å². The van der Waals surface area contributed by atoms with Gasteiger partial charge in [0.15, 0.2) is 0 Å². The minimum absolute atomic E-state index is 0.189. The van der Waals surface area contributed by atoms with Crippen LogP contribution in [-0.2, 0) is 0 Å². The summed E-state index contributed by atoms with van der Waals surface area (Å²) in [5.74, 6) is 1.64. The van der Waals surface area contributed by atoms with Crippen LogP contribution in [0.3, 0.4) is 0 Å². The fraction of sp³-hybridized carbons (Fsp3) is 0.381. The van der Waals surface area contributed by atoms with Crippen molar-refractivity contribution in [3.63, 3.8) is 0 Å². The molecule has 0 aliphatic rings. The number of hydrogen-bond acceptors (Lipinski definition) is 3. The number of benzene rings is 2. The predicted molar refractivity (Wildman–Crippen MR) is 109 cm³/mol. The molecule has 26 heavy (non-hydrogen) atoms. The zero-order chi connectivity index (χ0) is 18.9. The summed E-state index contributed by atoms with van der Waals surface area (Å²) in [6.07, 6.45) is 2.08. The van der Waals surface area contributed by atoms with Gasteiger partial charge in [-0.05, 0) is 58.6 Å². The molecular weight excluding hydrogens is 394 g/mol. The molecule has 0 heterocycles. The van der Waals surface area contributed by atoms with Gasteiger partial charge in [-0.3, -0.25) is 4.79 Å². The third kappa shape index (κ3) is 6.06. The Morgan fingerprint density at radius 2 is 1.88 bits per heavy atom. The molecule has 0 aliphatic heterocycles. The molecule has 0 saturated heterocycles. The van der Waals surface area contributed by atoms with Gasteiger partial charge in [-0.15, -0.1) is 0 Å². The highest BCUT2D eigenvalue weighted by atomic mass is 79.9. The van der Waals surface area contributed by atoms with Gasteiger partial charge in [-0.2, -0.15) is 0 Å². The van der Waals surface area contributed by atoms with Crippen molar-refractivity contribution in [2.75, 3.05) is 18.5 Å². The maximum absolute atomic E-state index is 12.6. The van der Waals surface area contributed by atoms with Crippen molar-refractivity contribution in [1.29, 1.82) is 0 Å². The lowest BCUT2D eigenvalue weighted by molar-refractivity contribution is 0.102. The normalized spacial score (nSPS) is 10.7. The number of carbonyl (C=O) groups excluding carboxylic acids is 1. The molecule has 0 bridgehead atoms. The van der Waals surface area contributed by atoms with Crippen LogP contribution in [0.15, 0.2) is 46.9 Å². The van der Waals surface area contributed by atoms with Crippen LogP contribution in [0.1, 0.15) is 44.0 Å². The van der Waals surface area contributed by atoms with Gasteiger partial charge in [0, 0.05) is 5.56 Å². The molecule has 2 rings (SSSR count). The second-order valence-corrected chi connectivity index (χ2v) is 7.36. The second kappa shape index (κ2) is 10.2. The van der Waals surface area contributed by atoms with Crippen LogP contribution in [0.25, 0.3) is 0 Å².